The van der Waals surface area contributed by atoms with Crippen LogP contribution < -0.4 is 5.43 Å². The summed E-state index contributed by atoms with van der Waals surface area (Å²) in [6.07, 6.45) is 3.92. The molecule has 17 heavy (non-hydrogen) atoms. The molecule has 1 aromatic rings. The van der Waals surface area contributed by atoms with Crippen molar-refractivity contribution in [1.82, 2.24) is 9.99 Å². The molecule has 1 unspecified atom stereocenters. The quantitative estimate of drug-likeness (QED) is 0.668. The molecule has 4 nitrogen and oxygen atoms in total. The lowest BCUT2D eigenvalue weighted by molar-refractivity contribution is 0.632. The van der Waals surface area contributed by atoms with E-state index in [-0.39, 0.29) is 5.25 Å². The second kappa shape index (κ2) is 7.09. The molecule has 1 rings (SSSR count). The molecule has 1 aromatic heterocycles. The van der Waals surface area contributed by atoms with Gasteiger partial charge in [-0.15, -0.1) is 0 Å². The molecule has 0 saturated carbocycles. The van der Waals surface area contributed by atoms with E-state index in [2.05, 4.69) is 16.5 Å². The van der Waals surface area contributed by atoms with E-state index < -0.39 is 0 Å². The van der Waals surface area contributed by atoms with Gasteiger partial charge in [0.15, 0.2) is 4.32 Å². The molecule has 0 fully saturated rings. The summed E-state index contributed by atoms with van der Waals surface area (Å²) in [4.78, 5) is 3.94. The predicted molar refractivity (Wildman–Crippen MR) is 75.5 cm³/mol. The largest absolute Gasteiger partial charge is 0.297 e. The zero-order valence-corrected chi connectivity index (χ0v) is 11.4. The Morgan fingerprint density at radius 3 is 2.88 bits per heavy atom. The van der Waals surface area contributed by atoms with Crippen LogP contribution in [0, 0.1) is 11.3 Å². The van der Waals surface area contributed by atoms with Crippen molar-refractivity contribution in [3.05, 3.63) is 24.5 Å². The van der Waals surface area contributed by atoms with Crippen LogP contribution in [0.1, 0.15) is 13.3 Å². The number of pyridine rings is 1. The molecular formula is C11H14N4S2. The summed E-state index contributed by atoms with van der Waals surface area (Å²) >= 11 is 6.78. The molecule has 0 aliphatic rings. The highest BCUT2D eigenvalue weighted by Crippen LogP contribution is 2.18. The summed E-state index contributed by atoms with van der Waals surface area (Å²) in [5.74, 6) is 0. The minimum absolute atomic E-state index is 0.203. The van der Waals surface area contributed by atoms with E-state index in [9.17, 15) is 0 Å². The molecular weight excluding hydrogens is 252 g/mol. The van der Waals surface area contributed by atoms with Crippen molar-refractivity contribution in [2.75, 3.05) is 12.5 Å². The maximum Gasteiger partial charge on any atom is 0.154 e. The standard InChI is InChI=1S/C11H14N4S2/c1-9(3-6-12)17-11(16)15(2)14-10-4-7-13-8-5-10/h4-5,7-9H,3H2,1-2H3,(H,13,14). The van der Waals surface area contributed by atoms with Gasteiger partial charge in [-0.2, -0.15) is 5.26 Å². The van der Waals surface area contributed by atoms with Gasteiger partial charge in [-0.1, -0.05) is 30.9 Å². The van der Waals surface area contributed by atoms with Crippen LogP contribution in [0.15, 0.2) is 24.5 Å². The van der Waals surface area contributed by atoms with Crippen molar-refractivity contribution >= 4 is 34.0 Å². The fraction of sp³-hybridized carbons (Fsp3) is 0.364. The Bertz CT molecular complexity index is 402. The molecule has 0 aliphatic carbocycles. The van der Waals surface area contributed by atoms with Gasteiger partial charge in [-0.25, -0.2) is 0 Å². The van der Waals surface area contributed by atoms with E-state index in [0.29, 0.717) is 10.7 Å². The highest BCUT2D eigenvalue weighted by atomic mass is 32.2. The molecule has 1 N–H and O–H groups in total. The van der Waals surface area contributed by atoms with E-state index in [1.807, 2.05) is 26.1 Å². The molecule has 0 bridgehead atoms. The van der Waals surface area contributed by atoms with E-state index in [1.165, 1.54) is 11.8 Å². The average molecular weight is 266 g/mol. The molecule has 0 aliphatic heterocycles. The highest BCUT2D eigenvalue weighted by molar-refractivity contribution is 8.23. The molecule has 0 amide bonds. The number of nitriles is 1. The van der Waals surface area contributed by atoms with E-state index in [0.717, 1.165) is 5.69 Å². The van der Waals surface area contributed by atoms with Crippen molar-refractivity contribution in [2.24, 2.45) is 0 Å². The number of anilines is 1. The normalized spacial score (nSPS) is 11.4. The van der Waals surface area contributed by atoms with Gasteiger partial charge < -0.3 is 0 Å². The third-order valence-corrected chi connectivity index (χ3v) is 3.54. The monoisotopic (exact) mass is 266 g/mol. The van der Waals surface area contributed by atoms with Crippen molar-refractivity contribution in [3.63, 3.8) is 0 Å². The van der Waals surface area contributed by atoms with Crippen molar-refractivity contribution in [1.29, 1.82) is 5.26 Å². The lowest BCUT2D eigenvalue weighted by Gasteiger charge is -2.22. The molecule has 1 atom stereocenters. The summed E-state index contributed by atoms with van der Waals surface area (Å²) in [6.45, 7) is 1.99. The summed E-state index contributed by atoms with van der Waals surface area (Å²) < 4.78 is 0.713. The number of hydrogen-bond donors (Lipinski definition) is 1. The molecule has 90 valence electrons. The lowest BCUT2D eigenvalue weighted by atomic mass is 10.4. The van der Waals surface area contributed by atoms with Crippen LogP contribution in [-0.4, -0.2) is 26.6 Å². The number of nitrogens with zero attached hydrogens (tertiary/aromatic N) is 3. The third-order valence-electron chi connectivity index (χ3n) is 1.93. The fourth-order valence-electron chi connectivity index (χ4n) is 1.09. The van der Waals surface area contributed by atoms with Crippen LogP contribution in [0.2, 0.25) is 0 Å². The van der Waals surface area contributed by atoms with Gasteiger partial charge in [0, 0.05) is 31.1 Å². The maximum atomic E-state index is 8.58. The molecule has 0 radical (unpaired) electrons. The van der Waals surface area contributed by atoms with Crippen molar-refractivity contribution in [2.45, 2.75) is 18.6 Å². The van der Waals surface area contributed by atoms with E-state index >= 15 is 0 Å². The van der Waals surface area contributed by atoms with Crippen molar-refractivity contribution < 1.29 is 0 Å². The van der Waals surface area contributed by atoms with Gasteiger partial charge in [-0.05, 0) is 12.1 Å². The number of thioether (sulfide) groups is 1. The Labute approximate surface area is 111 Å². The van der Waals surface area contributed by atoms with Gasteiger partial charge in [-0.3, -0.25) is 15.4 Å². The first kappa shape index (κ1) is 13.7. The van der Waals surface area contributed by atoms with Crippen LogP contribution >= 0.6 is 24.0 Å². The molecule has 0 spiro atoms. The second-order valence-electron chi connectivity index (χ2n) is 3.46. The Hall–Kier alpha value is -1.32. The van der Waals surface area contributed by atoms with Gasteiger partial charge in [0.2, 0.25) is 0 Å². The molecule has 0 saturated heterocycles. The second-order valence-corrected chi connectivity index (χ2v) is 5.54. The van der Waals surface area contributed by atoms with Gasteiger partial charge in [0.25, 0.3) is 0 Å². The smallest absolute Gasteiger partial charge is 0.154 e. The first-order chi connectivity index (χ1) is 8.13. The zero-order valence-electron chi connectivity index (χ0n) is 9.75. The zero-order chi connectivity index (χ0) is 12.7. The van der Waals surface area contributed by atoms with E-state index in [4.69, 9.17) is 17.5 Å². The predicted octanol–water partition coefficient (Wildman–Crippen LogP) is 2.66. The molecule has 6 heteroatoms. The molecule has 1 heterocycles. The number of nitrogens with one attached hydrogen (secondary N) is 1. The summed E-state index contributed by atoms with van der Waals surface area (Å²) in [6, 6.07) is 5.86. The van der Waals surface area contributed by atoms with Crippen LogP contribution in [0.25, 0.3) is 0 Å². The summed E-state index contributed by atoms with van der Waals surface area (Å²) in [7, 11) is 1.86. The Balaban J connectivity index is 2.45. The van der Waals surface area contributed by atoms with Crippen molar-refractivity contribution in [3.8, 4) is 6.07 Å². The van der Waals surface area contributed by atoms with Gasteiger partial charge >= 0.3 is 0 Å². The number of hydrogen-bond acceptors (Lipinski definition) is 5. The summed E-state index contributed by atoms with van der Waals surface area (Å²) in [5, 5.41) is 10.6. The average Bonchev–Trinajstić information content (AvgIpc) is 2.30. The topological polar surface area (TPSA) is 52.0 Å². The molecule has 0 aromatic carbocycles. The van der Waals surface area contributed by atoms with Crippen LogP contribution in [0.4, 0.5) is 5.69 Å². The van der Waals surface area contributed by atoms with Crippen LogP contribution in [0.5, 0.6) is 0 Å². The SMILES string of the molecule is CC(CC#N)SC(=S)N(C)Nc1ccncc1. The number of rotatable bonds is 4. The van der Waals surface area contributed by atoms with Crippen LogP contribution in [0.3, 0.4) is 0 Å². The number of hydrazine groups is 1. The Morgan fingerprint density at radius 2 is 2.29 bits per heavy atom. The maximum absolute atomic E-state index is 8.58. The lowest BCUT2D eigenvalue weighted by Crippen LogP contribution is -2.29. The van der Waals surface area contributed by atoms with Crippen LogP contribution in [-0.2, 0) is 0 Å². The minimum Gasteiger partial charge on any atom is -0.297 e. The van der Waals surface area contributed by atoms with Gasteiger partial charge in [0.1, 0.15) is 0 Å². The fourth-order valence-corrected chi connectivity index (χ4v) is 2.33. The number of aromatic nitrogens is 1. The first-order valence-corrected chi connectivity index (χ1v) is 6.40. The van der Waals surface area contributed by atoms with Gasteiger partial charge in [0.05, 0.1) is 11.8 Å². The minimum atomic E-state index is 0.203. The Kier molecular flexibility index (Phi) is 5.73. The third kappa shape index (κ3) is 5.02. The highest BCUT2D eigenvalue weighted by Gasteiger charge is 2.10. The summed E-state index contributed by atoms with van der Waals surface area (Å²) in [5.41, 5.74) is 4.07. The number of thiocarbonyl (C=S) groups is 1. The van der Waals surface area contributed by atoms with E-state index in [1.54, 1.807) is 17.4 Å². The first-order valence-electron chi connectivity index (χ1n) is 5.11. The Morgan fingerprint density at radius 1 is 1.65 bits per heavy atom.